The molecule has 25 heavy (non-hydrogen) atoms. The fraction of sp³-hybridized carbons (Fsp3) is 0.158. The Morgan fingerprint density at radius 1 is 1.24 bits per heavy atom. The van der Waals surface area contributed by atoms with Crippen molar-refractivity contribution in [3.8, 4) is 17.6 Å². The summed E-state index contributed by atoms with van der Waals surface area (Å²) in [4.78, 5) is 3.98. The normalized spacial score (nSPS) is 13.2. The van der Waals surface area contributed by atoms with Gasteiger partial charge in [0.2, 0.25) is 0 Å². The van der Waals surface area contributed by atoms with Crippen LogP contribution in [0.1, 0.15) is 17.2 Å². The molecule has 0 aliphatic heterocycles. The Morgan fingerprint density at radius 2 is 1.96 bits per heavy atom. The van der Waals surface area contributed by atoms with Crippen molar-refractivity contribution >= 4 is 5.84 Å². The highest BCUT2D eigenvalue weighted by Crippen LogP contribution is 2.29. The van der Waals surface area contributed by atoms with Crippen LogP contribution in [-0.4, -0.2) is 19.9 Å². The Balaban J connectivity index is 2.40. The summed E-state index contributed by atoms with van der Waals surface area (Å²) in [6, 6.07) is 16.6. The molecule has 0 saturated heterocycles. The lowest BCUT2D eigenvalue weighted by Gasteiger charge is -2.21. The van der Waals surface area contributed by atoms with Crippen LogP contribution in [0, 0.1) is 11.3 Å². The third kappa shape index (κ3) is 4.16. The average Bonchev–Trinajstić information content (AvgIpc) is 2.66. The monoisotopic (exact) mass is 335 g/mol. The first-order valence-corrected chi connectivity index (χ1v) is 7.73. The molecule has 0 amide bonds. The van der Waals surface area contributed by atoms with Crippen molar-refractivity contribution in [3.05, 3.63) is 71.4 Å². The lowest BCUT2D eigenvalue weighted by molar-refractivity contribution is 0.482. The van der Waals surface area contributed by atoms with Crippen LogP contribution in [0.25, 0.3) is 0 Å². The highest BCUT2D eigenvalue weighted by Gasteiger charge is 2.21. The molecule has 6 heteroatoms. The van der Waals surface area contributed by atoms with Gasteiger partial charge in [-0.2, -0.15) is 5.26 Å². The highest BCUT2D eigenvalue weighted by atomic mass is 16.5. The molecule has 5 N–H and O–H groups in total. The van der Waals surface area contributed by atoms with E-state index in [1.807, 2.05) is 36.4 Å². The molecule has 0 aliphatic carbocycles. The van der Waals surface area contributed by atoms with Crippen LogP contribution in [0.4, 0.5) is 0 Å². The van der Waals surface area contributed by atoms with Gasteiger partial charge >= 0.3 is 0 Å². The first-order valence-electron chi connectivity index (χ1n) is 7.73. The molecule has 0 aliphatic rings. The van der Waals surface area contributed by atoms with Gasteiger partial charge in [0, 0.05) is 18.8 Å². The van der Waals surface area contributed by atoms with Crippen molar-refractivity contribution in [1.29, 1.82) is 5.26 Å². The van der Waals surface area contributed by atoms with Crippen molar-refractivity contribution in [2.24, 2.45) is 16.5 Å². The lowest BCUT2D eigenvalue weighted by Crippen LogP contribution is -2.29. The van der Waals surface area contributed by atoms with E-state index < -0.39 is 0 Å². The Kier molecular flexibility index (Phi) is 6.15. The van der Waals surface area contributed by atoms with E-state index in [1.54, 1.807) is 26.2 Å². The van der Waals surface area contributed by atoms with Crippen LogP contribution in [-0.2, 0) is 0 Å². The van der Waals surface area contributed by atoms with Gasteiger partial charge in [-0.3, -0.25) is 4.99 Å². The predicted molar refractivity (Wildman–Crippen MR) is 99.3 cm³/mol. The smallest absolute Gasteiger partial charge is 0.128 e. The zero-order valence-electron chi connectivity index (χ0n) is 14.2. The number of nitrogens with zero attached hydrogens (tertiary/aromatic N) is 2. The zero-order valence-corrected chi connectivity index (χ0v) is 14.2. The lowest BCUT2D eigenvalue weighted by atomic mass is 9.94. The standard InChI is InChI=1S/C19H21N5O/c1-23-18(17(12-21)19(22)24-2)16-9-8-15(10-13(16)11-20)25-14-6-4-3-5-7-14/h3-10,12,18,23H,21H2,1-2H3,(H2,22,24). The maximum Gasteiger partial charge on any atom is 0.128 e. The fourth-order valence-electron chi connectivity index (χ4n) is 2.51. The summed E-state index contributed by atoms with van der Waals surface area (Å²) in [5, 5.41) is 12.7. The second-order valence-electron chi connectivity index (χ2n) is 5.23. The number of hydrogen-bond donors (Lipinski definition) is 3. The zero-order chi connectivity index (χ0) is 18.2. The second kappa shape index (κ2) is 8.52. The van der Waals surface area contributed by atoms with Crippen molar-refractivity contribution in [2.75, 3.05) is 14.1 Å². The SMILES string of the molecule is CN=C(N)C(=CN)C(NC)c1ccc(Oc2ccccc2)cc1C#N. The summed E-state index contributed by atoms with van der Waals surface area (Å²) in [5.74, 6) is 1.60. The predicted octanol–water partition coefficient (Wildman–Crippen LogP) is 2.44. The number of amidine groups is 1. The molecule has 0 aromatic heterocycles. The molecule has 0 radical (unpaired) electrons. The van der Waals surface area contributed by atoms with Crippen molar-refractivity contribution in [2.45, 2.75) is 6.04 Å². The minimum Gasteiger partial charge on any atom is -0.457 e. The first kappa shape index (κ1) is 18.0. The quantitative estimate of drug-likeness (QED) is 0.555. The number of para-hydroxylation sites is 1. The van der Waals surface area contributed by atoms with E-state index in [9.17, 15) is 5.26 Å². The highest BCUT2D eigenvalue weighted by molar-refractivity contribution is 5.98. The molecular formula is C19H21N5O. The number of hydrogen-bond acceptors (Lipinski definition) is 5. The maximum absolute atomic E-state index is 9.56. The van der Waals surface area contributed by atoms with Gasteiger partial charge in [-0.05, 0) is 36.9 Å². The summed E-state index contributed by atoms with van der Waals surface area (Å²) < 4.78 is 5.79. The second-order valence-corrected chi connectivity index (χ2v) is 5.23. The maximum atomic E-state index is 9.56. The summed E-state index contributed by atoms with van der Waals surface area (Å²) in [6.07, 6.45) is 1.40. The molecule has 6 nitrogen and oxygen atoms in total. The van der Waals surface area contributed by atoms with Crippen molar-refractivity contribution in [3.63, 3.8) is 0 Å². The van der Waals surface area contributed by atoms with Crippen molar-refractivity contribution in [1.82, 2.24) is 5.32 Å². The topological polar surface area (TPSA) is 109 Å². The van der Waals surface area contributed by atoms with Crippen LogP contribution in [0.2, 0.25) is 0 Å². The van der Waals surface area contributed by atoms with Gasteiger partial charge < -0.3 is 21.5 Å². The largest absolute Gasteiger partial charge is 0.457 e. The minimum atomic E-state index is -0.353. The molecule has 2 aromatic rings. The van der Waals surface area contributed by atoms with Gasteiger partial charge in [-0.1, -0.05) is 24.3 Å². The molecular weight excluding hydrogens is 314 g/mol. The first-order chi connectivity index (χ1) is 12.1. The van der Waals surface area contributed by atoms with Gasteiger partial charge in [0.1, 0.15) is 17.3 Å². The number of nitrogens with one attached hydrogen (secondary N) is 1. The third-order valence-corrected chi connectivity index (χ3v) is 3.75. The molecule has 128 valence electrons. The Morgan fingerprint density at radius 3 is 2.52 bits per heavy atom. The van der Waals surface area contributed by atoms with E-state index in [0.29, 0.717) is 28.5 Å². The summed E-state index contributed by atoms with van der Waals surface area (Å²) >= 11 is 0. The number of likely N-dealkylation sites (N-methyl/N-ethyl adjacent to an activating group) is 1. The molecule has 1 atom stereocenters. The van der Waals surface area contributed by atoms with E-state index in [-0.39, 0.29) is 6.04 Å². The molecule has 2 aromatic carbocycles. The molecule has 0 bridgehead atoms. The van der Waals surface area contributed by atoms with E-state index in [2.05, 4.69) is 16.4 Å². The van der Waals surface area contributed by atoms with Crippen LogP contribution < -0.4 is 21.5 Å². The molecule has 0 saturated carbocycles. The summed E-state index contributed by atoms with van der Waals surface area (Å²) in [7, 11) is 3.36. The molecule has 1 unspecified atom stereocenters. The number of ether oxygens (including phenoxy) is 1. The van der Waals surface area contributed by atoms with E-state index in [1.165, 1.54) is 6.20 Å². The average molecular weight is 335 g/mol. The van der Waals surface area contributed by atoms with E-state index in [4.69, 9.17) is 16.2 Å². The van der Waals surface area contributed by atoms with E-state index in [0.717, 1.165) is 5.56 Å². The van der Waals surface area contributed by atoms with Gasteiger partial charge in [-0.25, -0.2) is 0 Å². The van der Waals surface area contributed by atoms with Crippen LogP contribution in [0.15, 0.2) is 65.3 Å². The summed E-state index contributed by atoms with van der Waals surface area (Å²) in [5.41, 5.74) is 13.5. The van der Waals surface area contributed by atoms with Gasteiger partial charge in [0.25, 0.3) is 0 Å². The van der Waals surface area contributed by atoms with Gasteiger partial charge in [-0.15, -0.1) is 0 Å². The van der Waals surface area contributed by atoms with Gasteiger partial charge in [0.15, 0.2) is 0 Å². The molecule has 0 spiro atoms. The van der Waals surface area contributed by atoms with Gasteiger partial charge in [0.05, 0.1) is 17.7 Å². The number of aliphatic imine (C=N–C) groups is 1. The Hall–Kier alpha value is -3.30. The number of nitriles is 1. The summed E-state index contributed by atoms with van der Waals surface area (Å²) in [6.45, 7) is 0. The van der Waals surface area contributed by atoms with E-state index >= 15 is 0 Å². The van der Waals surface area contributed by atoms with Crippen LogP contribution in [0.5, 0.6) is 11.5 Å². The third-order valence-electron chi connectivity index (χ3n) is 3.75. The fourth-order valence-corrected chi connectivity index (χ4v) is 2.51. The number of benzene rings is 2. The minimum absolute atomic E-state index is 0.315. The number of rotatable bonds is 6. The van der Waals surface area contributed by atoms with Crippen molar-refractivity contribution < 1.29 is 4.74 Å². The number of nitrogens with two attached hydrogens (primary N) is 2. The molecule has 0 heterocycles. The molecule has 2 rings (SSSR count). The Labute approximate surface area is 147 Å². The van der Waals surface area contributed by atoms with Crippen LogP contribution in [0.3, 0.4) is 0 Å². The van der Waals surface area contributed by atoms with Crippen LogP contribution >= 0.6 is 0 Å². The molecule has 0 fully saturated rings. The Bertz CT molecular complexity index is 821.